The van der Waals surface area contributed by atoms with E-state index in [9.17, 15) is 50.1 Å². The van der Waals surface area contributed by atoms with Gasteiger partial charge in [-0.15, -0.1) is 0 Å². The van der Waals surface area contributed by atoms with Crippen molar-refractivity contribution in [3.63, 3.8) is 0 Å². The third-order valence-corrected chi connectivity index (χ3v) is 8.05. The molecule has 0 amide bonds. The van der Waals surface area contributed by atoms with Crippen molar-refractivity contribution in [3.05, 3.63) is 106 Å². The Kier molecular flexibility index (Phi) is 9.63. The maximum absolute atomic E-state index is 14.0. The first kappa shape index (κ1) is 35.1. The van der Waals surface area contributed by atoms with Gasteiger partial charge in [-0.05, 0) is 73.2 Å². The predicted octanol–water partition coefficient (Wildman–Crippen LogP) is 4.03. The van der Waals surface area contributed by atoms with Crippen LogP contribution in [-0.2, 0) is 19.0 Å². The lowest BCUT2D eigenvalue weighted by Crippen LogP contribution is -2.61. The number of fused-ring (bicyclic) bond motifs is 1. The zero-order valence-corrected chi connectivity index (χ0v) is 26.9. The van der Waals surface area contributed by atoms with Crippen LogP contribution in [0.15, 0.2) is 94.2 Å². The van der Waals surface area contributed by atoms with E-state index in [1.165, 1.54) is 55.5 Å². The molecule has 6 rings (SSSR count). The Morgan fingerprint density at radius 3 is 2.10 bits per heavy atom. The van der Waals surface area contributed by atoms with Gasteiger partial charge in [-0.1, -0.05) is 12.1 Å². The Hall–Kier alpha value is -6.71. The molecule has 5 atom stereocenters. The number of carbonyl (C=O) groups is 2. The van der Waals surface area contributed by atoms with Gasteiger partial charge < -0.3 is 59.1 Å². The van der Waals surface area contributed by atoms with Crippen LogP contribution < -0.4 is 10.2 Å². The Balaban J connectivity index is 1.39. The third kappa shape index (κ3) is 7.26. The number of phenolic OH excluding ortho intramolecular Hbond substituents is 6. The number of hydrogen-bond donors (Lipinski definition) is 7. The molecule has 15 nitrogen and oxygen atoms in total. The molecule has 1 aromatic heterocycles. The van der Waals surface area contributed by atoms with Crippen LogP contribution in [0.2, 0.25) is 0 Å². The summed E-state index contributed by atoms with van der Waals surface area (Å²) in [5.74, 6) is -5.37. The zero-order valence-electron chi connectivity index (χ0n) is 26.9. The fraction of sp³-hybridized carbons (Fsp3) is 0.162. The zero-order chi connectivity index (χ0) is 37.3. The van der Waals surface area contributed by atoms with Gasteiger partial charge in [-0.25, -0.2) is 9.59 Å². The molecular weight excluding hydrogens is 684 g/mol. The minimum Gasteiger partial charge on any atom is -0.508 e. The maximum atomic E-state index is 14.0. The molecule has 0 aliphatic carbocycles. The summed E-state index contributed by atoms with van der Waals surface area (Å²) in [4.78, 5) is 40.1. The Morgan fingerprint density at radius 1 is 0.750 bits per heavy atom. The van der Waals surface area contributed by atoms with E-state index in [1.807, 2.05) is 0 Å². The van der Waals surface area contributed by atoms with Crippen LogP contribution in [0.25, 0.3) is 28.4 Å². The molecule has 1 saturated heterocycles. The first-order valence-corrected chi connectivity index (χ1v) is 15.5. The summed E-state index contributed by atoms with van der Waals surface area (Å²) in [5, 5.41) is 71.1. The van der Waals surface area contributed by atoms with Gasteiger partial charge in [-0.3, -0.25) is 4.79 Å². The molecule has 0 radical (unpaired) electrons. The lowest BCUT2D eigenvalue weighted by Gasteiger charge is -2.42. The SMILES string of the molecule is CC1O[C@@H](Oc2c(-c3ccc(O)c(O)c3)oc3cc(O)cc(O)c3c2=O)[C@@H](OC(=O)c2ccc(O)cc2)C(O)[C@H]1OC(=O)/C=C/c1ccc(O)cc1. The molecule has 15 heteroatoms. The van der Waals surface area contributed by atoms with E-state index in [4.69, 9.17) is 23.4 Å². The van der Waals surface area contributed by atoms with Crippen molar-refractivity contribution in [1.29, 1.82) is 0 Å². The normalized spacial score (nSPS) is 20.1. The maximum Gasteiger partial charge on any atom is 0.338 e. The number of rotatable bonds is 8. The fourth-order valence-electron chi connectivity index (χ4n) is 5.44. The summed E-state index contributed by atoms with van der Waals surface area (Å²) < 4.78 is 29.0. The highest BCUT2D eigenvalue weighted by Crippen LogP contribution is 2.40. The number of benzene rings is 4. The summed E-state index contributed by atoms with van der Waals surface area (Å²) in [5.41, 5.74) is -0.850. The van der Waals surface area contributed by atoms with Crippen LogP contribution in [-0.4, -0.2) is 78.4 Å². The highest BCUT2D eigenvalue weighted by atomic mass is 16.7. The molecule has 7 N–H and O–H groups in total. The molecule has 0 spiro atoms. The number of phenols is 6. The van der Waals surface area contributed by atoms with Gasteiger partial charge >= 0.3 is 11.9 Å². The van der Waals surface area contributed by atoms with Gasteiger partial charge in [0.1, 0.15) is 40.1 Å². The first-order chi connectivity index (χ1) is 24.8. The smallest absolute Gasteiger partial charge is 0.338 e. The molecule has 0 bridgehead atoms. The summed E-state index contributed by atoms with van der Waals surface area (Å²) >= 11 is 0. The van der Waals surface area contributed by atoms with Gasteiger partial charge in [0.2, 0.25) is 17.5 Å². The largest absolute Gasteiger partial charge is 0.508 e. The van der Waals surface area contributed by atoms with E-state index in [0.29, 0.717) is 5.56 Å². The molecular formula is C37H30O15. The molecule has 268 valence electrons. The number of hydrogen-bond acceptors (Lipinski definition) is 15. The van der Waals surface area contributed by atoms with Gasteiger partial charge in [-0.2, -0.15) is 0 Å². The van der Waals surface area contributed by atoms with Gasteiger partial charge in [0, 0.05) is 23.8 Å². The molecule has 0 saturated carbocycles. The summed E-state index contributed by atoms with van der Waals surface area (Å²) in [6, 6.07) is 16.2. The first-order valence-electron chi connectivity index (χ1n) is 15.5. The van der Waals surface area contributed by atoms with Gasteiger partial charge in [0.05, 0.1) is 11.7 Å². The standard InChI is InChI=1S/C37H30O15/c1-17-32(50-28(44)13-4-18-2-8-21(38)9-3-18)31(46)35(51-36(47)19-5-10-22(39)11-6-19)37(48-17)52-34-30(45)29-26(43)15-23(40)16-27(29)49-33(34)20-7-12-24(41)25(42)14-20/h2-17,31-32,35,37-43,46H,1H3/b13-4+/t17?,31?,32-,35-,37-/m0/s1. The van der Waals surface area contributed by atoms with E-state index in [-0.39, 0.29) is 34.0 Å². The van der Waals surface area contributed by atoms with E-state index < -0.39 is 82.2 Å². The molecule has 1 fully saturated rings. The third-order valence-electron chi connectivity index (χ3n) is 8.05. The second-order valence-corrected chi connectivity index (χ2v) is 11.7. The van der Waals surface area contributed by atoms with Crippen LogP contribution in [0.5, 0.6) is 40.2 Å². The number of aliphatic hydroxyl groups excluding tert-OH is 1. The minimum atomic E-state index is -1.85. The average molecular weight is 715 g/mol. The summed E-state index contributed by atoms with van der Waals surface area (Å²) in [6.07, 6.45) is -5.67. The highest BCUT2D eigenvalue weighted by molar-refractivity contribution is 5.90. The summed E-state index contributed by atoms with van der Waals surface area (Å²) in [7, 11) is 0. The van der Waals surface area contributed by atoms with E-state index >= 15 is 0 Å². The van der Waals surface area contributed by atoms with Crippen LogP contribution in [0.3, 0.4) is 0 Å². The van der Waals surface area contributed by atoms with E-state index in [0.717, 1.165) is 30.3 Å². The van der Waals surface area contributed by atoms with Crippen LogP contribution in [0.4, 0.5) is 0 Å². The molecule has 2 unspecified atom stereocenters. The Labute approximate surface area is 293 Å². The Bertz CT molecular complexity index is 2220. The number of aromatic hydroxyl groups is 6. The highest BCUT2D eigenvalue weighted by Gasteiger charge is 2.50. The summed E-state index contributed by atoms with van der Waals surface area (Å²) in [6.45, 7) is 1.41. The molecule has 1 aliphatic rings. The van der Waals surface area contributed by atoms with Crippen molar-refractivity contribution in [2.45, 2.75) is 37.6 Å². The number of esters is 2. The molecule has 2 heterocycles. The van der Waals surface area contributed by atoms with E-state index in [1.54, 1.807) is 12.1 Å². The van der Waals surface area contributed by atoms with Gasteiger partial charge in [0.15, 0.2) is 29.5 Å². The molecule has 4 aromatic carbocycles. The lowest BCUT2D eigenvalue weighted by atomic mass is 9.99. The molecule has 5 aromatic rings. The minimum absolute atomic E-state index is 0.0200. The number of carbonyl (C=O) groups excluding carboxylic acids is 2. The molecule has 1 aliphatic heterocycles. The van der Waals surface area contributed by atoms with Crippen molar-refractivity contribution in [3.8, 4) is 51.6 Å². The molecule has 52 heavy (non-hydrogen) atoms. The van der Waals surface area contributed by atoms with Crippen molar-refractivity contribution in [2.75, 3.05) is 0 Å². The number of aliphatic hydroxyl groups is 1. The van der Waals surface area contributed by atoms with Crippen LogP contribution >= 0.6 is 0 Å². The van der Waals surface area contributed by atoms with Crippen molar-refractivity contribution < 1.29 is 68.7 Å². The monoisotopic (exact) mass is 714 g/mol. The second-order valence-electron chi connectivity index (χ2n) is 11.7. The van der Waals surface area contributed by atoms with Crippen molar-refractivity contribution in [2.24, 2.45) is 0 Å². The Morgan fingerprint density at radius 2 is 1.42 bits per heavy atom. The van der Waals surface area contributed by atoms with E-state index in [2.05, 4.69) is 0 Å². The van der Waals surface area contributed by atoms with Crippen LogP contribution in [0.1, 0.15) is 22.8 Å². The fourth-order valence-corrected chi connectivity index (χ4v) is 5.44. The van der Waals surface area contributed by atoms with Gasteiger partial charge in [0.25, 0.3) is 0 Å². The number of ether oxygens (including phenoxy) is 4. The lowest BCUT2D eigenvalue weighted by molar-refractivity contribution is -0.271. The predicted molar refractivity (Wildman–Crippen MR) is 180 cm³/mol. The second kappa shape index (κ2) is 14.3. The topological polar surface area (TPSA) is 243 Å². The average Bonchev–Trinajstić information content (AvgIpc) is 3.10. The van der Waals surface area contributed by atoms with Crippen LogP contribution in [0, 0.1) is 0 Å². The van der Waals surface area contributed by atoms with Crippen molar-refractivity contribution in [1.82, 2.24) is 0 Å². The van der Waals surface area contributed by atoms with Crippen molar-refractivity contribution >= 4 is 29.0 Å². The quantitative estimate of drug-likeness (QED) is 0.0682.